The smallest absolute Gasteiger partial charge is 0.161 e. The van der Waals surface area contributed by atoms with Crippen molar-refractivity contribution < 1.29 is 9.90 Å². The highest BCUT2D eigenvalue weighted by Gasteiger charge is 2.57. The quantitative estimate of drug-likeness (QED) is 0.565. The molecule has 27 heavy (non-hydrogen) atoms. The summed E-state index contributed by atoms with van der Waals surface area (Å²) in [5.41, 5.74) is 1.86. The molecule has 0 radical (unpaired) electrons. The molecule has 5 aliphatic carbocycles. The average molecular weight is 367 g/mol. The van der Waals surface area contributed by atoms with Crippen LogP contribution in [0.2, 0.25) is 0 Å². The van der Waals surface area contributed by atoms with E-state index >= 15 is 0 Å². The van der Waals surface area contributed by atoms with Crippen molar-refractivity contribution in [2.45, 2.75) is 71.1 Å². The van der Waals surface area contributed by atoms with Crippen LogP contribution in [0.1, 0.15) is 71.1 Å². The molecule has 0 aromatic carbocycles. The van der Waals surface area contributed by atoms with E-state index in [1.54, 1.807) is 5.57 Å². The SMILES string of the molecule is CC12CCC3C4CCC(C#CC5CC5)CC4=CCC3C1CCC2C(=O)CO. The molecule has 0 aliphatic heterocycles. The van der Waals surface area contributed by atoms with Crippen LogP contribution in [0.15, 0.2) is 11.6 Å². The van der Waals surface area contributed by atoms with E-state index in [0.717, 1.165) is 30.1 Å². The Bertz CT molecular complexity index is 706. The molecule has 0 amide bonds. The Labute approximate surface area is 164 Å². The molecule has 1 N–H and O–H groups in total. The maximum Gasteiger partial charge on any atom is 0.161 e. The second-order valence-corrected chi connectivity index (χ2v) is 10.4. The third-order valence-electron chi connectivity index (χ3n) is 9.06. The molecule has 0 spiro atoms. The molecular weight excluding hydrogens is 332 g/mol. The molecule has 146 valence electrons. The van der Waals surface area contributed by atoms with E-state index in [2.05, 4.69) is 24.8 Å². The lowest BCUT2D eigenvalue weighted by molar-refractivity contribution is -0.131. The second kappa shape index (κ2) is 6.77. The molecule has 4 fully saturated rings. The summed E-state index contributed by atoms with van der Waals surface area (Å²) in [6.45, 7) is 2.10. The average Bonchev–Trinajstić information content (AvgIpc) is 3.45. The summed E-state index contributed by atoms with van der Waals surface area (Å²) in [5.74, 6) is 11.7. The fourth-order valence-electron chi connectivity index (χ4n) is 7.50. The number of fused-ring (bicyclic) bond motifs is 5. The first-order valence-corrected chi connectivity index (χ1v) is 11.4. The van der Waals surface area contributed by atoms with Gasteiger partial charge in [0, 0.05) is 17.8 Å². The van der Waals surface area contributed by atoms with Crippen molar-refractivity contribution in [3.8, 4) is 11.8 Å². The second-order valence-electron chi connectivity index (χ2n) is 10.4. The summed E-state index contributed by atoms with van der Waals surface area (Å²) in [7, 11) is 0. The fourth-order valence-corrected chi connectivity index (χ4v) is 7.50. The number of rotatable bonds is 2. The molecule has 4 saturated carbocycles. The van der Waals surface area contributed by atoms with Gasteiger partial charge in [0.1, 0.15) is 6.61 Å². The largest absolute Gasteiger partial charge is 0.389 e. The predicted octanol–water partition coefficient (Wildman–Crippen LogP) is 4.77. The highest BCUT2D eigenvalue weighted by molar-refractivity contribution is 5.83. The number of Topliss-reactive ketones (excluding diaryl/α,β-unsaturated/α-hetero) is 1. The number of carbonyl (C=O) groups excluding carboxylic acids is 1. The monoisotopic (exact) mass is 366 g/mol. The van der Waals surface area contributed by atoms with E-state index < -0.39 is 0 Å². The first kappa shape index (κ1) is 18.0. The fraction of sp³-hybridized carbons (Fsp3) is 0.800. The molecule has 7 atom stereocenters. The van der Waals surface area contributed by atoms with Crippen molar-refractivity contribution in [2.24, 2.45) is 46.8 Å². The molecule has 5 aliphatic rings. The Morgan fingerprint density at radius 3 is 2.63 bits per heavy atom. The van der Waals surface area contributed by atoms with Crippen LogP contribution in [0.25, 0.3) is 0 Å². The van der Waals surface area contributed by atoms with Gasteiger partial charge in [0.25, 0.3) is 0 Å². The van der Waals surface area contributed by atoms with Crippen LogP contribution in [0, 0.1) is 58.7 Å². The van der Waals surface area contributed by atoms with E-state index in [0.29, 0.717) is 11.8 Å². The van der Waals surface area contributed by atoms with Crippen LogP contribution in [0.5, 0.6) is 0 Å². The Morgan fingerprint density at radius 1 is 1.07 bits per heavy atom. The minimum Gasteiger partial charge on any atom is -0.389 e. The number of aliphatic hydroxyl groups is 1. The van der Waals surface area contributed by atoms with Gasteiger partial charge < -0.3 is 5.11 Å². The Morgan fingerprint density at radius 2 is 1.85 bits per heavy atom. The molecule has 0 heterocycles. The van der Waals surface area contributed by atoms with Crippen molar-refractivity contribution in [2.75, 3.05) is 6.61 Å². The van der Waals surface area contributed by atoms with Crippen LogP contribution in [0.4, 0.5) is 0 Å². The Hall–Kier alpha value is -1.07. The standard InChI is InChI=1S/C25H34O2/c1-25-13-12-20-19-8-6-17(5-4-16-2-3-16)14-18(19)7-9-21(20)22(25)10-11-23(25)24(27)15-26/h7,16-17,19-23,26H,2-3,6,8-15H2,1H3. The van der Waals surface area contributed by atoms with Gasteiger partial charge in [0.15, 0.2) is 5.78 Å². The van der Waals surface area contributed by atoms with Crippen molar-refractivity contribution in [1.82, 2.24) is 0 Å². The number of hydrogen-bond donors (Lipinski definition) is 1. The van der Waals surface area contributed by atoms with Crippen molar-refractivity contribution in [1.29, 1.82) is 0 Å². The zero-order valence-electron chi connectivity index (χ0n) is 16.8. The summed E-state index contributed by atoms with van der Waals surface area (Å²) >= 11 is 0. The third kappa shape index (κ3) is 3.02. The summed E-state index contributed by atoms with van der Waals surface area (Å²) in [6.07, 6.45) is 15.0. The van der Waals surface area contributed by atoms with Gasteiger partial charge in [-0.2, -0.15) is 0 Å². The van der Waals surface area contributed by atoms with Crippen LogP contribution < -0.4 is 0 Å². The minimum absolute atomic E-state index is 0.0974. The lowest BCUT2D eigenvalue weighted by Crippen LogP contribution is -2.47. The van der Waals surface area contributed by atoms with Crippen molar-refractivity contribution >= 4 is 5.78 Å². The van der Waals surface area contributed by atoms with Gasteiger partial charge in [-0.05, 0) is 93.3 Å². The van der Waals surface area contributed by atoms with Gasteiger partial charge in [-0.25, -0.2) is 0 Å². The first-order chi connectivity index (χ1) is 13.1. The minimum atomic E-state index is -0.267. The van der Waals surface area contributed by atoms with E-state index in [1.165, 1.54) is 57.8 Å². The lowest BCUT2D eigenvalue weighted by atomic mass is 9.51. The number of ketones is 1. The maximum atomic E-state index is 12.3. The predicted molar refractivity (Wildman–Crippen MR) is 107 cm³/mol. The zero-order valence-corrected chi connectivity index (χ0v) is 16.8. The Balaban J connectivity index is 1.33. The molecule has 2 heteroatoms. The zero-order chi connectivity index (χ0) is 18.6. The van der Waals surface area contributed by atoms with Crippen molar-refractivity contribution in [3.05, 3.63) is 11.6 Å². The molecule has 0 bridgehead atoms. The summed E-state index contributed by atoms with van der Waals surface area (Å²) < 4.78 is 0. The number of aliphatic hydroxyl groups excluding tert-OH is 1. The normalized spacial score (nSPS) is 45.6. The van der Waals surface area contributed by atoms with Gasteiger partial charge >= 0.3 is 0 Å². The molecule has 7 unspecified atom stereocenters. The molecule has 0 saturated heterocycles. The number of carbonyl (C=O) groups is 1. The molecular formula is C25H34O2. The van der Waals surface area contributed by atoms with E-state index in [-0.39, 0.29) is 23.7 Å². The van der Waals surface area contributed by atoms with E-state index in [1.807, 2.05) is 0 Å². The van der Waals surface area contributed by atoms with Gasteiger partial charge in [-0.15, -0.1) is 0 Å². The highest BCUT2D eigenvalue weighted by Crippen LogP contribution is 2.63. The summed E-state index contributed by atoms with van der Waals surface area (Å²) in [4.78, 5) is 12.3. The first-order valence-electron chi connectivity index (χ1n) is 11.4. The maximum absolute atomic E-state index is 12.3. The topological polar surface area (TPSA) is 37.3 Å². The van der Waals surface area contributed by atoms with Gasteiger partial charge in [-0.1, -0.05) is 30.4 Å². The molecule has 5 rings (SSSR count). The number of allylic oxidation sites excluding steroid dienone is 2. The molecule has 2 nitrogen and oxygen atoms in total. The van der Waals surface area contributed by atoms with Crippen molar-refractivity contribution in [3.63, 3.8) is 0 Å². The van der Waals surface area contributed by atoms with E-state index in [9.17, 15) is 9.90 Å². The van der Waals surface area contributed by atoms with E-state index in [4.69, 9.17) is 0 Å². The van der Waals surface area contributed by atoms with Crippen LogP contribution >= 0.6 is 0 Å². The summed E-state index contributed by atoms with van der Waals surface area (Å²) in [6, 6.07) is 0. The third-order valence-corrected chi connectivity index (χ3v) is 9.06. The summed E-state index contributed by atoms with van der Waals surface area (Å²) in [5, 5.41) is 9.42. The highest BCUT2D eigenvalue weighted by atomic mass is 16.3. The van der Waals surface area contributed by atoms with Gasteiger partial charge in [-0.3, -0.25) is 4.79 Å². The Kier molecular flexibility index (Phi) is 4.51. The van der Waals surface area contributed by atoms with Gasteiger partial charge in [0.05, 0.1) is 0 Å². The number of hydrogen-bond acceptors (Lipinski definition) is 2. The molecule has 0 aromatic heterocycles. The van der Waals surface area contributed by atoms with Gasteiger partial charge in [0.2, 0.25) is 0 Å². The molecule has 0 aromatic rings. The van der Waals surface area contributed by atoms with Crippen LogP contribution in [0.3, 0.4) is 0 Å². The van der Waals surface area contributed by atoms with Crippen LogP contribution in [-0.2, 0) is 4.79 Å². The van der Waals surface area contributed by atoms with Crippen LogP contribution in [-0.4, -0.2) is 17.5 Å². The lowest BCUT2D eigenvalue weighted by Gasteiger charge is -2.53.